The Bertz CT molecular complexity index is 3940. The predicted octanol–water partition coefficient (Wildman–Crippen LogP) is 18.6. The molecule has 0 fully saturated rings. The zero-order chi connectivity index (χ0) is 46.9. The van der Waals surface area contributed by atoms with Crippen LogP contribution in [0.2, 0.25) is 0 Å². The second kappa shape index (κ2) is 16.7. The van der Waals surface area contributed by atoms with E-state index in [1.807, 2.05) is 12.2 Å². The number of nitrogens with zero attached hydrogens (tertiary/aromatic N) is 2. The molecule has 70 heavy (non-hydrogen) atoms. The molecule has 2 heterocycles. The van der Waals surface area contributed by atoms with Crippen LogP contribution in [0.4, 0.5) is 28.4 Å². The van der Waals surface area contributed by atoms with Crippen LogP contribution in [0.5, 0.6) is 0 Å². The lowest BCUT2D eigenvalue weighted by Gasteiger charge is -2.34. The van der Waals surface area contributed by atoms with E-state index in [0.717, 1.165) is 79.0 Å². The van der Waals surface area contributed by atoms with Gasteiger partial charge in [-0.05, 0) is 164 Å². The predicted molar refractivity (Wildman–Crippen MR) is 302 cm³/mol. The highest BCUT2D eigenvalue weighted by molar-refractivity contribution is 6.21. The molecule has 2 heteroatoms. The van der Waals surface area contributed by atoms with Crippen molar-refractivity contribution in [2.75, 3.05) is 9.80 Å². The second-order valence-corrected chi connectivity index (χ2v) is 18.5. The molecule has 0 spiro atoms. The summed E-state index contributed by atoms with van der Waals surface area (Å²) in [7, 11) is 0. The molecule has 0 amide bonds. The van der Waals surface area contributed by atoms with Crippen LogP contribution in [0.25, 0.3) is 89.6 Å². The lowest BCUT2D eigenvalue weighted by molar-refractivity contribution is 1.09. The fraction of sp³-hybridized carbons (Fsp3) is 0.0294. The fourth-order valence-electron chi connectivity index (χ4n) is 11.7. The van der Waals surface area contributed by atoms with E-state index in [0.29, 0.717) is 0 Å². The van der Waals surface area contributed by atoms with Gasteiger partial charge in [0.2, 0.25) is 0 Å². The summed E-state index contributed by atoms with van der Waals surface area (Å²) < 4.78 is 0. The molecule has 2 aliphatic rings. The number of benzene rings is 11. The first kappa shape index (κ1) is 41.2. The summed E-state index contributed by atoms with van der Waals surface area (Å²) in [4.78, 5) is 4.83. The molecule has 2 aliphatic heterocycles. The van der Waals surface area contributed by atoms with Crippen molar-refractivity contribution < 1.29 is 0 Å². The van der Waals surface area contributed by atoms with Crippen LogP contribution >= 0.6 is 0 Å². The van der Waals surface area contributed by atoms with E-state index in [-0.39, 0.29) is 0 Å². The van der Waals surface area contributed by atoms with Crippen molar-refractivity contribution in [2.24, 2.45) is 0 Å². The first-order chi connectivity index (χ1) is 34.6. The van der Waals surface area contributed by atoms with Gasteiger partial charge in [-0.3, -0.25) is 0 Å². The van der Waals surface area contributed by atoms with Crippen LogP contribution in [-0.2, 0) is 12.8 Å². The van der Waals surface area contributed by atoms with Gasteiger partial charge in [0.25, 0.3) is 0 Å². The Balaban J connectivity index is 1.20. The molecule has 0 unspecified atom stereocenters. The Morgan fingerprint density at radius 3 is 1.43 bits per heavy atom. The van der Waals surface area contributed by atoms with Gasteiger partial charge in [0.15, 0.2) is 0 Å². The number of hydrogen-bond acceptors (Lipinski definition) is 2. The second-order valence-electron chi connectivity index (χ2n) is 18.5. The SMILES string of the molecule is C=Cc1c(-c2c(C=C)c(/C=C/N3c4ccccc4Cc4ccccc43)c(-c3cc4ccccc4c4ccccc34)c3ccc(N4c5ccccc5Cc5ccccc54)cc23)cc2ccccc2c1C=C. The minimum absolute atomic E-state index is 0.882. The van der Waals surface area contributed by atoms with Crippen molar-refractivity contribution in [3.63, 3.8) is 0 Å². The molecule has 13 rings (SSSR count). The number of para-hydroxylation sites is 4. The zero-order valence-corrected chi connectivity index (χ0v) is 38.9. The van der Waals surface area contributed by atoms with Crippen molar-refractivity contribution in [1.82, 2.24) is 0 Å². The molecule has 0 atom stereocenters. The van der Waals surface area contributed by atoms with Gasteiger partial charge in [0.05, 0.1) is 0 Å². The highest BCUT2D eigenvalue weighted by Crippen LogP contribution is 2.52. The highest BCUT2D eigenvalue weighted by atomic mass is 15.2. The van der Waals surface area contributed by atoms with Crippen molar-refractivity contribution in [1.29, 1.82) is 0 Å². The van der Waals surface area contributed by atoms with E-state index in [9.17, 15) is 0 Å². The van der Waals surface area contributed by atoms with Crippen molar-refractivity contribution >= 4 is 95.8 Å². The average molecular weight is 893 g/mol. The van der Waals surface area contributed by atoms with Gasteiger partial charge >= 0.3 is 0 Å². The molecule has 0 aliphatic carbocycles. The Kier molecular flexibility index (Phi) is 9.81. The molecular weight excluding hydrogens is 845 g/mol. The quantitative estimate of drug-likeness (QED) is 0.140. The molecule has 11 aromatic carbocycles. The largest absolute Gasteiger partial charge is 0.317 e. The van der Waals surface area contributed by atoms with Crippen LogP contribution in [0.1, 0.15) is 44.5 Å². The zero-order valence-electron chi connectivity index (χ0n) is 38.9. The van der Waals surface area contributed by atoms with Crippen LogP contribution in [0.15, 0.2) is 226 Å². The minimum Gasteiger partial charge on any atom is -0.317 e. The van der Waals surface area contributed by atoms with Gasteiger partial charge in [-0.1, -0.05) is 190 Å². The van der Waals surface area contributed by atoms with Gasteiger partial charge in [0, 0.05) is 47.5 Å². The molecule has 0 saturated heterocycles. The summed E-state index contributed by atoms with van der Waals surface area (Å²) >= 11 is 0. The van der Waals surface area contributed by atoms with Gasteiger partial charge in [-0.25, -0.2) is 0 Å². The third-order valence-electron chi connectivity index (χ3n) is 14.8. The van der Waals surface area contributed by atoms with Crippen molar-refractivity contribution in [3.05, 3.63) is 271 Å². The minimum atomic E-state index is 0.882. The monoisotopic (exact) mass is 892 g/mol. The van der Waals surface area contributed by atoms with E-state index < -0.39 is 0 Å². The number of rotatable bonds is 8. The lowest BCUT2D eigenvalue weighted by Crippen LogP contribution is -2.18. The summed E-state index contributed by atoms with van der Waals surface area (Å²) in [5, 5.41) is 9.40. The average Bonchev–Trinajstić information content (AvgIpc) is 3.42. The van der Waals surface area contributed by atoms with Gasteiger partial charge in [-0.2, -0.15) is 0 Å². The first-order valence-electron chi connectivity index (χ1n) is 24.2. The Morgan fingerprint density at radius 2 is 0.814 bits per heavy atom. The summed E-state index contributed by atoms with van der Waals surface area (Å²) in [5.41, 5.74) is 19.8. The summed E-state index contributed by atoms with van der Waals surface area (Å²) in [5.74, 6) is 0. The van der Waals surface area contributed by atoms with Crippen molar-refractivity contribution in [2.45, 2.75) is 12.8 Å². The molecule has 0 radical (unpaired) electrons. The maximum atomic E-state index is 4.73. The van der Waals surface area contributed by atoms with E-state index in [1.165, 1.54) is 72.1 Å². The van der Waals surface area contributed by atoms with E-state index in [1.54, 1.807) is 0 Å². The van der Waals surface area contributed by atoms with Crippen molar-refractivity contribution in [3.8, 4) is 22.3 Å². The number of fused-ring (bicyclic) bond motifs is 9. The maximum absolute atomic E-state index is 4.73. The highest BCUT2D eigenvalue weighted by Gasteiger charge is 2.28. The maximum Gasteiger partial charge on any atom is 0.0497 e. The van der Waals surface area contributed by atoms with E-state index >= 15 is 0 Å². The Morgan fingerprint density at radius 1 is 0.343 bits per heavy atom. The summed E-state index contributed by atoms with van der Waals surface area (Å²) in [6, 6.07) is 73.5. The van der Waals surface area contributed by atoms with Crippen LogP contribution in [0.3, 0.4) is 0 Å². The summed E-state index contributed by atoms with van der Waals surface area (Å²) in [6.45, 7) is 13.6. The van der Waals surface area contributed by atoms with E-state index in [4.69, 9.17) is 6.58 Å². The van der Waals surface area contributed by atoms with Crippen LogP contribution in [0, 0.1) is 0 Å². The van der Waals surface area contributed by atoms with Crippen LogP contribution < -0.4 is 9.80 Å². The smallest absolute Gasteiger partial charge is 0.0497 e. The topological polar surface area (TPSA) is 6.48 Å². The third-order valence-corrected chi connectivity index (χ3v) is 14.8. The normalized spacial score (nSPS) is 12.8. The molecule has 0 saturated carbocycles. The summed E-state index contributed by atoms with van der Waals surface area (Å²) in [6.07, 6.45) is 12.5. The van der Waals surface area contributed by atoms with E-state index in [2.05, 4.69) is 241 Å². The fourth-order valence-corrected chi connectivity index (χ4v) is 11.7. The lowest BCUT2D eigenvalue weighted by atomic mass is 9.79. The third kappa shape index (κ3) is 6.41. The molecule has 330 valence electrons. The molecular formula is C68H48N2. The number of hydrogen-bond donors (Lipinski definition) is 0. The molecule has 11 aromatic rings. The number of anilines is 5. The molecule has 2 nitrogen and oxygen atoms in total. The van der Waals surface area contributed by atoms with Gasteiger partial charge in [0.1, 0.15) is 0 Å². The molecule has 0 aromatic heterocycles. The van der Waals surface area contributed by atoms with Gasteiger partial charge in [-0.15, -0.1) is 0 Å². The standard InChI is InChI=1S/C68H48N2/c1-4-51-52(5-2)60(41-44-21-7-13-27-54(44)51)67-53(6-3)59(37-38-69-63-31-17-9-23-46(63)39-47-24-10-18-32-64(47)69)68(61-42-45-22-8-14-28-55(45)56-29-15-16-30-57(56)61)58-36-35-50(43-62(58)67)70-65-33-19-11-25-48(65)40-49-26-12-20-34-66(49)70/h4-38,41-43H,1-3,39-40H2/b38-37+. The first-order valence-corrected chi connectivity index (χ1v) is 24.2. The van der Waals surface area contributed by atoms with Crippen LogP contribution in [-0.4, -0.2) is 0 Å². The molecule has 0 N–H and O–H groups in total. The van der Waals surface area contributed by atoms with Gasteiger partial charge < -0.3 is 9.80 Å². The Hall–Kier alpha value is -8.98. The Labute approximate surface area is 409 Å². The molecule has 0 bridgehead atoms.